The van der Waals surface area contributed by atoms with Crippen molar-refractivity contribution < 1.29 is 4.39 Å². The molecule has 1 N–H and O–H groups in total. The fourth-order valence-corrected chi connectivity index (χ4v) is 3.28. The third kappa shape index (κ3) is 2.74. The van der Waals surface area contributed by atoms with Gasteiger partial charge in [0.2, 0.25) is 0 Å². The van der Waals surface area contributed by atoms with Gasteiger partial charge in [0.25, 0.3) is 0 Å². The monoisotopic (exact) mass is 283 g/mol. The number of nitrogens with one attached hydrogen (secondary N) is 1. The quantitative estimate of drug-likeness (QED) is 0.876. The first-order chi connectivity index (χ1) is 8.65. The summed E-state index contributed by atoms with van der Waals surface area (Å²) in [6, 6.07) is 8.79. The van der Waals surface area contributed by atoms with Crippen molar-refractivity contribution >= 4 is 22.9 Å². The molecule has 0 radical (unpaired) electrons. The first-order valence-corrected chi connectivity index (χ1v) is 7.06. The number of thiophene rings is 1. The summed E-state index contributed by atoms with van der Waals surface area (Å²) in [5.74, 6) is -0.306. The van der Waals surface area contributed by atoms with Crippen molar-refractivity contribution in [3.63, 3.8) is 0 Å². The van der Waals surface area contributed by atoms with E-state index in [0.717, 1.165) is 12.0 Å². The van der Waals surface area contributed by atoms with E-state index in [1.54, 1.807) is 17.4 Å². The molecule has 18 heavy (non-hydrogen) atoms. The Hall–Kier alpha value is -0.900. The number of halogens is 2. The zero-order valence-corrected chi connectivity index (χ0v) is 11.9. The predicted octanol–water partition coefficient (Wildman–Crippen LogP) is 4.41. The van der Waals surface area contributed by atoms with Gasteiger partial charge in [-0.15, -0.1) is 11.3 Å². The van der Waals surface area contributed by atoms with Crippen LogP contribution in [0.5, 0.6) is 0 Å². The first-order valence-electron chi connectivity index (χ1n) is 5.86. The standard InChI is InChI=1S/C14H15ClFNS/c1-3-10-5-7-13(18-10)14(17-2)11-6-4-9(16)8-12(11)15/h4-8,14,17H,3H2,1-2H3. The van der Waals surface area contributed by atoms with Gasteiger partial charge in [0, 0.05) is 14.8 Å². The van der Waals surface area contributed by atoms with Crippen molar-refractivity contribution in [3.05, 3.63) is 56.5 Å². The molecule has 2 aromatic rings. The summed E-state index contributed by atoms with van der Waals surface area (Å²) in [4.78, 5) is 2.53. The summed E-state index contributed by atoms with van der Waals surface area (Å²) in [7, 11) is 1.88. The molecule has 2 rings (SSSR count). The van der Waals surface area contributed by atoms with E-state index in [9.17, 15) is 4.39 Å². The minimum Gasteiger partial charge on any atom is -0.309 e. The van der Waals surface area contributed by atoms with Crippen LogP contribution in [-0.4, -0.2) is 7.05 Å². The van der Waals surface area contributed by atoms with Gasteiger partial charge in [0.05, 0.1) is 6.04 Å². The molecule has 0 aliphatic rings. The highest BCUT2D eigenvalue weighted by Gasteiger charge is 2.17. The first kappa shape index (κ1) is 13.5. The molecule has 1 unspecified atom stereocenters. The van der Waals surface area contributed by atoms with Gasteiger partial charge < -0.3 is 5.32 Å². The van der Waals surface area contributed by atoms with E-state index in [1.165, 1.54) is 21.9 Å². The number of hydrogen-bond acceptors (Lipinski definition) is 2. The van der Waals surface area contributed by atoms with E-state index < -0.39 is 0 Å². The van der Waals surface area contributed by atoms with Gasteiger partial charge in [-0.3, -0.25) is 0 Å². The van der Waals surface area contributed by atoms with Crippen LogP contribution in [-0.2, 0) is 6.42 Å². The third-order valence-electron chi connectivity index (χ3n) is 2.88. The van der Waals surface area contributed by atoms with Gasteiger partial charge in [-0.25, -0.2) is 4.39 Å². The van der Waals surface area contributed by atoms with Crippen LogP contribution in [0.3, 0.4) is 0 Å². The number of aryl methyl sites for hydroxylation is 1. The van der Waals surface area contributed by atoms with E-state index in [0.29, 0.717) is 5.02 Å². The molecule has 1 aromatic carbocycles. The molecule has 0 aliphatic carbocycles. The van der Waals surface area contributed by atoms with Crippen LogP contribution in [0.15, 0.2) is 30.3 Å². The molecule has 1 heterocycles. The lowest BCUT2D eigenvalue weighted by Crippen LogP contribution is -2.16. The van der Waals surface area contributed by atoms with E-state index in [1.807, 2.05) is 7.05 Å². The van der Waals surface area contributed by atoms with Crippen LogP contribution in [0.4, 0.5) is 4.39 Å². The second-order valence-electron chi connectivity index (χ2n) is 4.05. The van der Waals surface area contributed by atoms with Crippen LogP contribution >= 0.6 is 22.9 Å². The Bertz CT molecular complexity index is 538. The highest BCUT2D eigenvalue weighted by atomic mass is 35.5. The van der Waals surface area contributed by atoms with Crippen LogP contribution in [0, 0.1) is 5.82 Å². The highest BCUT2D eigenvalue weighted by Crippen LogP contribution is 2.32. The molecule has 0 bridgehead atoms. The molecule has 0 fully saturated rings. The molecule has 96 valence electrons. The topological polar surface area (TPSA) is 12.0 Å². The highest BCUT2D eigenvalue weighted by molar-refractivity contribution is 7.12. The molecule has 1 atom stereocenters. The Balaban J connectivity index is 2.38. The smallest absolute Gasteiger partial charge is 0.124 e. The van der Waals surface area contributed by atoms with Crippen LogP contribution in [0.2, 0.25) is 5.02 Å². The summed E-state index contributed by atoms with van der Waals surface area (Å²) >= 11 is 7.88. The largest absolute Gasteiger partial charge is 0.309 e. The van der Waals surface area contributed by atoms with Crippen LogP contribution in [0.25, 0.3) is 0 Å². The van der Waals surface area contributed by atoms with Crippen molar-refractivity contribution in [1.29, 1.82) is 0 Å². The van der Waals surface area contributed by atoms with Gasteiger partial charge >= 0.3 is 0 Å². The van der Waals surface area contributed by atoms with Gasteiger partial charge in [-0.2, -0.15) is 0 Å². The lowest BCUT2D eigenvalue weighted by Gasteiger charge is -2.16. The Morgan fingerprint density at radius 1 is 1.33 bits per heavy atom. The normalized spacial score (nSPS) is 12.7. The fourth-order valence-electron chi connectivity index (χ4n) is 1.93. The number of hydrogen-bond donors (Lipinski definition) is 1. The van der Waals surface area contributed by atoms with Crippen LogP contribution < -0.4 is 5.32 Å². The molecule has 1 nitrogen and oxygen atoms in total. The molecule has 1 aromatic heterocycles. The fraction of sp³-hybridized carbons (Fsp3) is 0.286. The van der Waals surface area contributed by atoms with Crippen molar-refractivity contribution in [3.8, 4) is 0 Å². The van der Waals surface area contributed by atoms with E-state index >= 15 is 0 Å². The van der Waals surface area contributed by atoms with Gasteiger partial charge in [0.1, 0.15) is 5.82 Å². The van der Waals surface area contributed by atoms with Crippen molar-refractivity contribution in [2.75, 3.05) is 7.05 Å². The van der Waals surface area contributed by atoms with E-state index in [-0.39, 0.29) is 11.9 Å². The summed E-state index contributed by atoms with van der Waals surface area (Å²) < 4.78 is 13.1. The van der Waals surface area contributed by atoms with E-state index in [2.05, 4.69) is 24.4 Å². The molecule has 0 saturated heterocycles. The maximum Gasteiger partial charge on any atom is 0.124 e. The van der Waals surface area contributed by atoms with Gasteiger partial charge in [0.15, 0.2) is 0 Å². The summed E-state index contributed by atoms with van der Waals surface area (Å²) in [5, 5.41) is 3.69. The SMILES string of the molecule is CCc1ccc(C(NC)c2ccc(F)cc2Cl)s1. The van der Waals surface area contributed by atoms with Crippen LogP contribution in [0.1, 0.15) is 28.3 Å². The lowest BCUT2D eigenvalue weighted by molar-refractivity contribution is 0.624. The van der Waals surface area contributed by atoms with E-state index in [4.69, 9.17) is 11.6 Å². The predicted molar refractivity (Wildman–Crippen MR) is 76.0 cm³/mol. The molecular formula is C14H15ClFNS. The minimum absolute atomic E-state index is 0.0170. The Morgan fingerprint density at radius 3 is 2.67 bits per heavy atom. The zero-order chi connectivity index (χ0) is 13.1. The maximum absolute atomic E-state index is 13.1. The molecule has 4 heteroatoms. The second-order valence-corrected chi connectivity index (χ2v) is 5.65. The molecular weight excluding hydrogens is 269 g/mol. The summed E-state index contributed by atoms with van der Waals surface area (Å²) in [6.07, 6.45) is 1.03. The number of rotatable bonds is 4. The van der Waals surface area contributed by atoms with Gasteiger partial charge in [-0.1, -0.05) is 24.6 Å². The molecule has 0 amide bonds. The Morgan fingerprint density at radius 2 is 2.11 bits per heavy atom. The average Bonchev–Trinajstić information content (AvgIpc) is 2.81. The molecule has 0 saturated carbocycles. The van der Waals surface area contributed by atoms with Crippen molar-refractivity contribution in [2.24, 2.45) is 0 Å². The second kappa shape index (κ2) is 5.83. The molecule has 0 aliphatic heterocycles. The van der Waals surface area contributed by atoms with Crippen molar-refractivity contribution in [1.82, 2.24) is 5.32 Å². The summed E-state index contributed by atoms with van der Waals surface area (Å²) in [5.41, 5.74) is 0.907. The molecule has 0 spiro atoms. The van der Waals surface area contributed by atoms with Crippen molar-refractivity contribution in [2.45, 2.75) is 19.4 Å². The average molecular weight is 284 g/mol. The zero-order valence-electron chi connectivity index (χ0n) is 10.3. The minimum atomic E-state index is -0.306. The Labute approximate surface area is 116 Å². The maximum atomic E-state index is 13.1. The number of benzene rings is 1. The van der Waals surface area contributed by atoms with Gasteiger partial charge in [-0.05, 0) is 43.3 Å². The lowest BCUT2D eigenvalue weighted by atomic mass is 10.1. The third-order valence-corrected chi connectivity index (χ3v) is 4.50. The summed E-state index contributed by atoms with van der Waals surface area (Å²) in [6.45, 7) is 2.13. The Kier molecular flexibility index (Phi) is 4.38.